The number of nitrogens with one attached hydrogen (secondary N) is 1. The summed E-state index contributed by atoms with van der Waals surface area (Å²) in [5.74, 6) is 0.932. The first-order valence-corrected chi connectivity index (χ1v) is 14.2. The number of carbonyl (C=O) groups excluding carboxylic acids is 1. The number of carbonyl (C=O) groups is 1. The van der Waals surface area contributed by atoms with Crippen molar-refractivity contribution in [3.8, 4) is 5.75 Å². The molecule has 1 unspecified atom stereocenters. The van der Waals surface area contributed by atoms with Crippen molar-refractivity contribution in [3.05, 3.63) is 112 Å². The van der Waals surface area contributed by atoms with Crippen LogP contribution in [0.3, 0.4) is 0 Å². The van der Waals surface area contributed by atoms with Crippen LogP contribution < -0.4 is 10.1 Å². The molecule has 5 rings (SSSR count). The van der Waals surface area contributed by atoms with E-state index in [4.69, 9.17) is 14.6 Å². The van der Waals surface area contributed by atoms with Crippen LogP contribution in [0.4, 0.5) is 10.3 Å². The minimum atomic E-state index is -0.554. The summed E-state index contributed by atoms with van der Waals surface area (Å²) in [4.78, 5) is 17.8. The van der Waals surface area contributed by atoms with E-state index in [2.05, 4.69) is 41.5 Å². The summed E-state index contributed by atoms with van der Waals surface area (Å²) in [7, 11) is 0. The van der Waals surface area contributed by atoms with Gasteiger partial charge in [0.25, 0.3) is 0 Å². The normalized spacial score (nSPS) is 14.4. The molecule has 0 fully saturated rings. The highest BCUT2D eigenvalue weighted by Crippen LogP contribution is 2.37. The third-order valence-corrected chi connectivity index (χ3v) is 7.41. The second-order valence-electron chi connectivity index (χ2n) is 9.59. The van der Waals surface area contributed by atoms with E-state index < -0.39 is 12.0 Å². The smallest absolute Gasteiger partial charge is 0.338 e. The third-order valence-electron chi connectivity index (χ3n) is 6.53. The molecule has 0 saturated carbocycles. The van der Waals surface area contributed by atoms with E-state index in [1.54, 1.807) is 22.9 Å². The number of halogens is 1. The van der Waals surface area contributed by atoms with Crippen LogP contribution in [0, 0.1) is 12.7 Å². The third kappa shape index (κ3) is 6.20. The van der Waals surface area contributed by atoms with Crippen LogP contribution >= 0.6 is 11.8 Å². The maximum atomic E-state index is 14.2. The second-order valence-corrected chi connectivity index (χ2v) is 10.5. The lowest BCUT2D eigenvalue weighted by atomic mass is 9.96. The van der Waals surface area contributed by atoms with Crippen molar-refractivity contribution in [2.24, 2.45) is 0 Å². The highest BCUT2D eigenvalue weighted by molar-refractivity contribution is 7.98. The Morgan fingerprint density at radius 2 is 1.80 bits per heavy atom. The molecule has 0 bridgehead atoms. The lowest BCUT2D eigenvalue weighted by Crippen LogP contribution is -2.29. The van der Waals surface area contributed by atoms with Gasteiger partial charge in [-0.2, -0.15) is 4.98 Å². The number of hydrogen-bond acceptors (Lipinski definition) is 7. The fourth-order valence-corrected chi connectivity index (χ4v) is 5.21. The van der Waals surface area contributed by atoms with Crippen LogP contribution in [0.15, 0.2) is 89.2 Å². The SMILES string of the molecule is CCCOC(=O)C1=C(C)Nc2nc(SCc3ccccc3F)nn2C1c1ccc(OCc2ccc(C)cc2)cc1. The van der Waals surface area contributed by atoms with Crippen LogP contribution in [0.25, 0.3) is 0 Å². The number of benzene rings is 3. The maximum absolute atomic E-state index is 14.2. The number of thioether (sulfide) groups is 1. The zero-order valence-electron chi connectivity index (χ0n) is 22.7. The number of aryl methyl sites for hydroxylation is 1. The Bertz CT molecular complexity index is 1520. The number of aromatic nitrogens is 3. The second kappa shape index (κ2) is 12.4. The van der Waals surface area contributed by atoms with E-state index in [0.29, 0.717) is 59.1 Å². The molecule has 1 aliphatic rings. The van der Waals surface area contributed by atoms with Crippen molar-refractivity contribution >= 4 is 23.7 Å². The summed E-state index contributed by atoms with van der Waals surface area (Å²) in [6.07, 6.45) is 0.717. The summed E-state index contributed by atoms with van der Waals surface area (Å²) in [6.45, 7) is 6.62. The molecule has 0 saturated heterocycles. The van der Waals surface area contributed by atoms with Gasteiger partial charge in [0, 0.05) is 11.4 Å². The Morgan fingerprint density at radius 1 is 1.05 bits per heavy atom. The van der Waals surface area contributed by atoms with Crippen molar-refractivity contribution in [1.82, 2.24) is 14.8 Å². The van der Waals surface area contributed by atoms with Crippen LogP contribution in [0.2, 0.25) is 0 Å². The molecule has 0 amide bonds. The van der Waals surface area contributed by atoms with Crippen LogP contribution in [0.1, 0.15) is 48.6 Å². The van der Waals surface area contributed by atoms with E-state index in [0.717, 1.165) is 11.1 Å². The molecule has 1 N–H and O–H groups in total. The molecule has 2 heterocycles. The molecule has 4 aromatic rings. The van der Waals surface area contributed by atoms with Gasteiger partial charge >= 0.3 is 5.97 Å². The van der Waals surface area contributed by atoms with Gasteiger partial charge in [0.15, 0.2) is 0 Å². The molecule has 0 spiro atoms. The number of fused-ring (bicyclic) bond motifs is 1. The largest absolute Gasteiger partial charge is 0.489 e. The zero-order chi connectivity index (χ0) is 28.1. The topological polar surface area (TPSA) is 78.3 Å². The maximum Gasteiger partial charge on any atom is 0.338 e. The number of nitrogens with zero attached hydrogens (tertiary/aromatic N) is 3. The van der Waals surface area contributed by atoms with Gasteiger partial charge in [-0.3, -0.25) is 0 Å². The molecule has 9 heteroatoms. The molecule has 7 nitrogen and oxygen atoms in total. The fourth-order valence-electron chi connectivity index (χ4n) is 4.39. The van der Waals surface area contributed by atoms with E-state index in [9.17, 15) is 9.18 Å². The van der Waals surface area contributed by atoms with Crippen molar-refractivity contribution < 1.29 is 18.7 Å². The summed E-state index contributed by atoms with van der Waals surface area (Å²) in [5.41, 5.74) is 4.81. The monoisotopic (exact) mass is 558 g/mol. The molecule has 3 aromatic carbocycles. The predicted molar refractivity (Wildman–Crippen MR) is 154 cm³/mol. The van der Waals surface area contributed by atoms with Gasteiger partial charge < -0.3 is 14.8 Å². The Labute approximate surface area is 237 Å². The van der Waals surface area contributed by atoms with Gasteiger partial charge in [-0.1, -0.05) is 78.8 Å². The Morgan fingerprint density at radius 3 is 2.52 bits per heavy atom. The molecule has 0 radical (unpaired) electrons. The fraction of sp³-hybridized carbons (Fsp3) is 0.258. The van der Waals surface area contributed by atoms with Gasteiger partial charge in [-0.05, 0) is 55.2 Å². The minimum Gasteiger partial charge on any atom is -0.489 e. The number of anilines is 1. The number of rotatable bonds is 10. The quantitative estimate of drug-likeness (QED) is 0.169. The van der Waals surface area contributed by atoms with Crippen LogP contribution in [-0.4, -0.2) is 27.3 Å². The van der Waals surface area contributed by atoms with E-state index in [1.807, 2.05) is 38.1 Å². The van der Waals surface area contributed by atoms with Gasteiger partial charge in [-0.15, -0.1) is 5.10 Å². The van der Waals surface area contributed by atoms with Crippen molar-refractivity contribution in [1.29, 1.82) is 0 Å². The van der Waals surface area contributed by atoms with Gasteiger partial charge in [0.2, 0.25) is 11.1 Å². The van der Waals surface area contributed by atoms with Gasteiger partial charge in [-0.25, -0.2) is 13.9 Å². The average molecular weight is 559 g/mol. The van der Waals surface area contributed by atoms with Crippen LogP contribution in [-0.2, 0) is 21.9 Å². The first-order chi connectivity index (χ1) is 19.4. The zero-order valence-corrected chi connectivity index (χ0v) is 23.5. The molecule has 1 aromatic heterocycles. The average Bonchev–Trinajstić information content (AvgIpc) is 3.37. The summed E-state index contributed by atoms with van der Waals surface area (Å²) in [5, 5.41) is 8.40. The Hall–Kier alpha value is -4.11. The van der Waals surface area contributed by atoms with Crippen molar-refractivity contribution in [3.63, 3.8) is 0 Å². The molecule has 1 atom stereocenters. The number of esters is 1. The standard InChI is InChI=1S/C31H31FN4O3S/c1-4-17-38-29(37)27-21(3)33-30-34-31(40-19-24-7-5-6-8-26(24)32)35-36(30)28(27)23-13-15-25(16-14-23)39-18-22-11-9-20(2)10-12-22/h5-16,28H,4,17-19H2,1-3H3,(H,33,34,35). The number of ether oxygens (including phenoxy) is 2. The highest BCUT2D eigenvalue weighted by Gasteiger charge is 2.35. The Kier molecular flexibility index (Phi) is 8.50. The Balaban J connectivity index is 1.41. The molecule has 40 heavy (non-hydrogen) atoms. The molecule has 206 valence electrons. The lowest BCUT2D eigenvalue weighted by Gasteiger charge is -2.28. The van der Waals surface area contributed by atoms with E-state index in [-0.39, 0.29) is 5.82 Å². The van der Waals surface area contributed by atoms with Crippen molar-refractivity contribution in [2.45, 2.75) is 50.8 Å². The molecule has 0 aliphatic carbocycles. The lowest BCUT2D eigenvalue weighted by molar-refractivity contribution is -0.139. The summed E-state index contributed by atoms with van der Waals surface area (Å²) >= 11 is 1.33. The molecular formula is C31H31FN4O3S. The number of hydrogen-bond donors (Lipinski definition) is 1. The molecular weight excluding hydrogens is 527 g/mol. The highest BCUT2D eigenvalue weighted by atomic mass is 32.2. The van der Waals surface area contributed by atoms with Gasteiger partial charge in [0.05, 0.1) is 12.2 Å². The first-order valence-electron chi connectivity index (χ1n) is 13.2. The van der Waals surface area contributed by atoms with E-state index in [1.165, 1.54) is 23.4 Å². The minimum absolute atomic E-state index is 0.266. The van der Waals surface area contributed by atoms with Crippen molar-refractivity contribution in [2.75, 3.05) is 11.9 Å². The first kappa shape index (κ1) is 27.5. The van der Waals surface area contributed by atoms with E-state index >= 15 is 0 Å². The number of allylic oxidation sites excluding steroid dienone is 1. The van der Waals surface area contributed by atoms with Crippen LogP contribution in [0.5, 0.6) is 5.75 Å². The summed E-state index contributed by atoms with van der Waals surface area (Å²) in [6, 6.07) is 22.0. The molecule has 1 aliphatic heterocycles. The van der Waals surface area contributed by atoms with Gasteiger partial charge in [0.1, 0.15) is 24.2 Å². The summed E-state index contributed by atoms with van der Waals surface area (Å²) < 4.78 is 27.4. The predicted octanol–water partition coefficient (Wildman–Crippen LogP) is 6.84.